The zero-order valence-electron chi connectivity index (χ0n) is 10.3. The molecule has 2 nitrogen and oxygen atoms in total. The minimum Gasteiger partial charge on any atom is -0.355 e. The summed E-state index contributed by atoms with van der Waals surface area (Å²) >= 11 is 5.65. The molecule has 108 valence electrons. The predicted molar refractivity (Wildman–Crippen MR) is 70.9 cm³/mol. The molecule has 0 unspecified atom stereocenters. The van der Waals surface area contributed by atoms with Gasteiger partial charge in [-0.2, -0.15) is 18.4 Å². The lowest BCUT2D eigenvalue weighted by atomic mass is 10.1. The maximum atomic E-state index is 13.3. The summed E-state index contributed by atoms with van der Waals surface area (Å²) in [6.45, 7) is 0. The third kappa shape index (κ3) is 3.86. The van der Waals surface area contributed by atoms with E-state index in [0.717, 1.165) is 24.3 Å². The van der Waals surface area contributed by atoms with Crippen molar-refractivity contribution in [2.75, 3.05) is 5.32 Å². The molecule has 2 aromatic carbocycles. The van der Waals surface area contributed by atoms with Gasteiger partial charge in [-0.15, -0.1) is 0 Å². The van der Waals surface area contributed by atoms with E-state index < -0.39 is 17.6 Å². The molecule has 21 heavy (non-hydrogen) atoms. The first kappa shape index (κ1) is 15.1. The summed E-state index contributed by atoms with van der Waals surface area (Å²) in [6, 6.07) is 8.07. The minimum atomic E-state index is -4.54. The summed E-state index contributed by atoms with van der Waals surface area (Å²) in [4.78, 5) is 0. The van der Waals surface area contributed by atoms with Gasteiger partial charge in [-0.1, -0.05) is 11.6 Å². The Morgan fingerprint density at radius 2 is 1.67 bits per heavy atom. The van der Waals surface area contributed by atoms with Crippen LogP contribution < -0.4 is 5.32 Å². The number of rotatable bonds is 2. The SMILES string of the molecule is N#Cc1cc(F)cc(Nc2cc(Cl)cc(C(F)(F)F)c2)c1. The van der Waals surface area contributed by atoms with E-state index in [1.165, 1.54) is 12.1 Å². The van der Waals surface area contributed by atoms with Crippen LogP contribution in [-0.2, 0) is 6.18 Å². The lowest BCUT2D eigenvalue weighted by molar-refractivity contribution is -0.137. The smallest absolute Gasteiger partial charge is 0.355 e. The number of anilines is 2. The summed E-state index contributed by atoms with van der Waals surface area (Å²) in [5.74, 6) is -0.672. The molecular formula is C14H7ClF4N2. The molecule has 0 bridgehead atoms. The molecule has 7 heteroatoms. The van der Waals surface area contributed by atoms with E-state index in [1.807, 2.05) is 0 Å². The highest BCUT2D eigenvalue weighted by atomic mass is 35.5. The molecule has 0 amide bonds. The van der Waals surface area contributed by atoms with Crippen molar-refractivity contribution in [3.8, 4) is 6.07 Å². The highest BCUT2D eigenvalue weighted by Gasteiger charge is 2.31. The van der Waals surface area contributed by atoms with Gasteiger partial charge in [0.2, 0.25) is 0 Å². The number of halogens is 5. The summed E-state index contributed by atoms with van der Waals surface area (Å²) in [6.07, 6.45) is -4.54. The van der Waals surface area contributed by atoms with E-state index in [9.17, 15) is 17.6 Å². The summed E-state index contributed by atoms with van der Waals surface area (Å²) < 4.78 is 51.3. The van der Waals surface area contributed by atoms with Crippen molar-refractivity contribution in [1.29, 1.82) is 5.26 Å². The Morgan fingerprint density at radius 1 is 1.00 bits per heavy atom. The van der Waals surface area contributed by atoms with Crippen LogP contribution in [0.15, 0.2) is 36.4 Å². The van der Waals surface area contributed by atoms with E-state index in [0.29, 0.717) is 0 Å². The topological polar surface area (TPSA) is 35.8 Å². The molecule has 0 heterocycles. The van der Waals surface area contributed by atoms with Crippen molar-refractivity contribution < 1.29 is 17.6 Å². The highest BCUT2D eigenvalue weighted by molar-refractivity contribution is 6.31. The first-order valence-corrected chi connectivity index (χ1v) is 6.01. The van der Waals surface area contributed by atoms with Gasteiger partial charge in [0.1, 0.15) is 5.82 Å². The van der Waals surface area contributed by atoms with Gasteiger partial charge in [-0.05, 0) is 36.4 Å². The fourth-order valence-corrected chi connectivity index (χ4v) is 1.95. The van der Waals surface area contributed by atoms with Crippen LogP contribution in [0.1, 0.15) is 11.1 Å². The van der Waals surface area contributed by atoms with Crippen molar-refractivity contribution in [3.05, 3.63) is 58.4 Å². The van der Waals surface area contributed by atoms with Crippen molar-refractivity contribution in [2.24, 2.45) is 0 Å². The van der Waals surface area contributed by atoms with Crippen LogP contribution in [0, 0.1) is 17.1 Å². The largest absolute Gasteiger partial charge is 0.416 e. The van der Waals surface area contributed by atoms with Crippen LogP contribution >= 0.6 is 11.6 Å². The Balaban J connectivity index is 2.38. The van der Waals surface area contributed by atoms with Gasteiger partial charge in [-0.3, -0.25) is 0 Å². The predicted octanol–water partition coefficient (Wildman–Crippen LogP) is 5.11. The molecule has 0 aliphatic carbocycles. The number of hydrogen-bond acceptors (Lipinski definition) is 2. The average Bonchev–Trinajstić information content (AvgIpc) is 2.36. The molecule has 1 N–H and O–H groups in total. The van der Waals surface area contributed by atoms with Gasteiger partial charge >= 0.3 is 6.18 Å². The molecule has 0 radical (unpaired) electrons. The lowest BCUT2D eigenvalue weighted by Gasteiger charge is -2.12. The molecule has 0 spiro atoms. The molecule has 2 rings (SSSR count). The normalized spacial score (nSPS) is 11.0. The second kappa shape index (κ2) is 5.62. The summed E-state index contributed by atoms with van der Waals surface area (Å²) in [5.41, 5.74) is -0.670. The number of nitrogens with one attached hydrogen (secondary N) is 1. The lowest BCUT2D eigenvalue weighted by Crippen LogP contribution is -2.05. The Bertz CT molecular complexity index is 720. The molecule has 0 atom stereocenters. The van der Waals surface area contributed by atoms with Crippen molar-refractivity contribution in [3.63, 3.8) is 0 Å². The molecule has 0 aromatic heterocycles. The number of benzene rings is 2. The van der Waals surface area contributed by atoms with Gasteiger partial charge in [0.15, 0.2) is 0 Å². The second-order valence-corrected chi connectivity index (χ2v) is 4.63. The second-order valence-electron chi connectivity index (χ2n) is 4.19. The zero-order valence-corrected chi connectivity index (χ0v) is 11.1. The monoisotopic (exact) mass is 314 g/mol. The first-order chi connectivity index (χ1) is 9.77. The van der Waals surface area contributed by atoms with Gasteiger partial charge < -0.3 is 5.32 Å². The van der Waals surface area contributed by atoms with Gasteiger partial charge in [-0.25, -0.2) is 4.39 Å². The summed E-state index contributed by atoms with van der Waals surface area (Å²) in [7, 11) is 0. The fraction of sp³-hybridized carbons (Fsp3) is 0.0714. The van der Waals surface area contributed by atoms with Gasteiger partial charge in [0, 0.05) is 16.4 Å². The zero-order chi connectivity index (χ0) is 15.6. The molecule has 2 aromatic rings. The third-order valence-electron chi connectivity index (χ3n) is 2.54. The van der Waals surface area contributed by atoms with E-state index in [4.69, 9.17) is 16.9 Å². The van der Waals surface area contributed by atoms with Crippen LogP contribution in [0.3, 0.4) is 0 Å². The Labute approximate surface area is 122 Å². The number of nitrogens with zero attached hydrogens (tertiary/aromatic N) is 1. The molecule has 0 saturated carbocycles. The first-order valence-electron chi connectivity index (χ1n) is 5.63. The minimum absolute atomic E-state index is 0.0457. The van der Waals surface area contributed by atoms with E-state index >= 15 is 0 Å². The van der Waals surface area contributed by atoms with Crippen LogP contribution in [0.25, 0.3) is 0 Å². The quantitative estimate of drug-likeness (QED) is 0.782. The fourth-order valence-electron chi connectivity index (χ4n) is 1.72. The number of hydrogen-bond donors (Lipinski definition) is 1. The molecule has 0 aliphatic heterocycles. The van der Waals surface area contributed by atoms with Gasteiger partial charge in [0.25, 0.3) is 0 Å². The number of alkyl halides is 3. The molecule has 0 saturated heterocycles. The van der Waals surface area contributed by atoms with Crippen LogP contribution in [-0.4, -0.2) is 0 Å². The maximum absolute atomic E-state index is 13.3. The molecular weight excluding hydrogens is 308 g/mol. The van der Waals surface area contributed by atoms with Crippen LogP contribution in [0.2, 0.25) is 5.02 Å². The average molecular weight is 315 g/mol. The third-order valence-corrected chi connectivity index (χ3v) is 2.76. The van der Waals surface area contributed by atoms with E-state index in [1.54, 1.807) is 6.07 Å². The van der Waals surface area contributed by atoms with E-state index in [-0.39, 0.29) is 22.0 Å². The maximum Gasteiger partial charge on any atom is 0.416 e. The molecule has 0 aliphatic rings. The molecule has 0 fully saturated rings. The Morgan fingerprint density at radius 3 is 2.29 bits per heavy atom. The Kier molecular flexibility index (Phi) is 4.05. The summed E-state index contributed by atoms with van der Waals surface area (Å²) in [5, 5.41) is 11.2. The standard InChI is InChI=1S/C14H7ClF4N2/c15-10-3-9(14(17,18)19)4-13(5-10)21-12-2-8(7-20)1-11(16)6-12/h1-6,21H. The number of nitriles is 1. The van der Waals surface area contributed by atoms with Gasteiger partial charge in [0.05, 0.1) is 17.2 Å². The van der Waals surface area contributed by atoms with Crippen LogP contribution in [0.4, 0.5) is 28.9 Å². The Hall–Kier alpha value is -2.26. The van der Waals surface area contributed by atoms with Crippen molar-refractivity contribution >= 4 is 23.0 Å². The van der Waals surface area contributed by atoms with Crippen molar-refractivity contribution in [1.82, 2.24) is 0 Å². The highest BCUT2D eigenvalue weighted by Crippen LogP contribution is 2.34. The van der Waals surface area contributed by atoms with E-state index in [2.05, 4.69) is 5.32 Å². The van der Waals surface area contributed by atoms with Crippen molar-refractivity contribution in [2.45, 2.75) is 6.18 Å². The van der Waals surface area contributed by atoms with Crippen LogP contribution in [0.5, 0.6) is 0 Å².